The molecular formula is C57H102N3O24+. The number of aliphatic carboxylic acids is 1. The summed E-state index contributed by atoms with van der Waals surface area (Å²) in [6.45, 7) is 12.2. The molecule has 0 aliphatic carbocycles. The highest BCUT2D eigenvalue weighted by molar-refractivity contribution is 5.78. The van der Waals surface area contributed by atoms with Gasteiger partial charge < -0.3 is 82.1 Å². The van der Waals surface area contributed by atoms with Crippen molar-refractivity contribution in [2.75, 3.05) is 160 Å². The lowest BCUT2D eigenvalue weighted by atomic mass is 10.3. The number of hydrogen-bond donors (Lipinski definition) is 3. The monoisotopic (exact) mass is 1210 g/mol. The van der Waals surface area contributed by atoms with E-state index in [1.807, 2.05) is 35.7 Å². The van der Waals surface area contributed by atoms with Crippen LogP contribution >= 0.6 is 0 Å². The van der Waals surface area contributed by atoms with Crippen LogP contribution in [-0.4, -0.2) is 250 Å². The molecular weight excluding hydrogens is 1110 g/mol. The second-order valence-corrected chi connectivity index (χ2v) is 18.8. The molecule has 84 heavy (non-hydrogen) atoms. The fourth-order valence-electron chi connectivity index (χ4n) is 6.39. The van der Waals surface area contributed by atoms with Gasteiger partial charge >= 0.3 is 59.7 Å². The molecule has 0 saturated carbocycles. The minimum atomic E-state index is -1.00. The smallest absolute Gasteiger partial charge is 0.310 e. The number of unbranched alkanes of at least 4 members (excludes halogenated alkanes) is 3. The Balaban J connectivity index is -0.00000161. The topological polar surface area (TPSA) is 343 Å². The van der Waals surface area contributed by atoms with Crippen molar-refractivity contribution in [2.24, 2.45) is 0 Å². The van der Waals surface area contributed by atoms with Gasteiger partial charge in [0.25, 0.3) is 0 Å². The average molecular weight is 1210 g/mol. The third-order valence-corrected chi connectivity index (χ3v) is 11.1. The van der Waals surface area contributed by atoms with Crippen LogP contribution in [0.4, 0.5) is 0 Å². The Morgan fingerprint density at radius 3 is 0.952 bits per heavy atom. The van der Waals surface area contributed by atoms with Gasteiger partial charge in [-0.2, -0.15) is 0 Å². The molecule has 0 aromatic rings. The Labute approximate surface area is 497 Å². The molecule has 27 heteroatoms. The predicted molar refractivity (Wildman–Crippen MR) is 304 cm³/mol. The molecule has 0 aliphatic rings. The number of aliphatic hydroxyl groups excluding tert-OH is 2. The van der Waals surface area contributed by atoms with Gasteiger partial charge in [-0.3, -0.25) is 47.9 Å². The molecule has 0 atom stereocenters. The van der Waals surface area contributed by atoms with Crippen LogP contribution in [0.1, 0.15) is 142 Å². The Morgan fingerprint density at radius 1 is 0.333 bits per heavy atom. The van der Waals surface area contributed by atoms with E-state index in [1.54, 1.807) is 0 Å². The average Bonchev–Trinajstić information content (AvgIpc) is 3.46. The van der Waals surface area contributed by atoms with E-state index in [4.69, 9.17) is 52.8 Å². The fraction of sp³-hybridized carbons (Fsp3) is 0.807. The summed E-state index contributed by atoms with van der Waals surface area (Å²) >= 11 is 0. The van der Waals surface area contributed by atoms with Crippen LogP contribution in [-0.2, 0) is 100 Å². The summed E-state index contributed by atoms with van der Waals surface area (Å²) in [6, 6.07) is 0. The van der Waals surface area contributed by atoms with Crippen LogP contribution < -0.4 is 0 Å². The number of ether oxygens (including phenoxy) is 11. The molecule has 3 N–H and O–H groups in total. The Bertz CT molecular complexity index is 1720. The first-order valence-electron chi connectivity index (χ1n) is 29.1. The lowest BCUT2D eigenvalue weighted by Crippen LogP contribution is -2.31. The molecule has 0 aliphatic heterocycles. The number of carbonyl (C=O) groups excluding carboxylic acids is 9. The number of carboxylic acid groups (broad SMARTS) is 1. The number of nitrogens with zero attached hydrogens (tertiary/aromatic N) is 3. The van der Waals surface area contributed by atoms with Crippen molar-refractivity contribution in [2.45, 2.75) is 142 Å². The summed E-state index contributed by atoms with van der Waals surface area (Å²) in [5, 5.41) is 26.1. The minimum Gasteiger partial charge on any atom is -0.481 e. The highest BCUT2D eigenvalue weighted by Crippen LogP contribution is 2.05. The van der Waals surface area contributed by atoms with Crippen molar-refractivity contribution in [3.05, 3.63) is 6.92 Å². The highest BCUT2D eigenvalue weighted by atomic mass is 16.6. The lowest BCUT2D eigenvalue weighted by Gasteiger charge is -2.21. The summed E-state index contributed by atoms with van der Waals surface area (Å²) in [5.41, 5.74) is 0. The SMILES string of the molecule is CCCC(=O)OCCCCOC(=O)CCN(CCCO)CCC(=O)OCCCCOC(=O)CCN(C)CCCOC(=O)CCC(=O)OCCOC.COCCOC(=O)CCC(=O)O.[CH2+]CCC(=O)OCCCCOC(=O)CCN(C)CCCO. The van der Waals surface area contributed by atoms with E-state index in [0.717, 1.165) is 13.0 Å². The number of hydrogen-bond acceptors (Lipinski definition) is 26. The molecule has 0 amide bonds. The molecule has 0 unspecified atom stereocenters. The number of esters is 9. The summed E-state index contributed by atoms with van der Waals surface area (Å²) in [7, 11) is 6.74. The molecule has 0 heterocycles. The molecule has 0 fully saturated rings. The van der Waals surface area contributed by atoms with Gasteiger partial charge in [0.1, 0.15) is 13.2 Å². The Kier molecular flexibility index (Phi) is 60.7. The van der Waals surface area contributed by atoms with Crippen molar-refractivity contribution >= 4 is 59.7 Å². The molecule has 0 bridgehead atoms. The molecule has 0 spiro atoms. The molecule has 0 rings (SSSR count). The zero-order valence-electron chi connectivity index (χ0n) is 51.0. The van der Waals surface area contributed by atoms with Crippen molar-refractivity contribution in [3.8, 4) is 0 Å². The number of rotatable bonds is 53. The van der Waals surface area contributed by atoms with E-state index in [9.17, 15) is 53.1 Å². The van der Waals surface area contributed by atoms with Crippen LogP contribution in [0.3, 0.4) is 0 Å². The number of carboxylic acids is 1. The highest BCUT2D eigenvalue weighted by Gasteiger charge is 2.15. The van der Waals surface area contributed by atoms with E-state index in [0.29, 0.717) is 156 Å². The largest absolute Gasteiger partial charge is 0.481 e. The first-order valence-corrected chi connectivity index (χ1v) is 29.1. The van der Waals surface area contributed by atoms with E-state index < -0.39 is 23.9 Å². The summed E-state index contributed by atoms with van der Waals surface area (Å²) < 4.78 is 54.9. The van der Waals surface area contributed by atoms with E-state index >= 15 is 0 Å². The number of aliphatic hydroxyl groups is 2. The fourth-order valence-corrected chi connectivity index (χ4v) is 6.39. The van der Waals surface area contributed by atoms with Gasteiger partial charge in [0.15, 0.2) is 0 Å². The third-order valence-electron chi connectivity index (χ3n) is 11.1. The Hall–Kier alpha value is -5.71. The number of carbonyl (C=O) groups is 10. The normalized spacial score (nSPS) is 10.6. The Morgan fingerprint density at radius 2 is 0.619 bits per heavy atom. The van der Waals surface area contributed by atoms with E-state index in [-0.39, 0.29) is 134 Å². The van der Waals surface area contributed by atoms with Gasteiger partial charge in [-0.25, -0.2) is 0 Å². The summed E-state index contributed by atoms with van der Waals surface area (Å²) in [6.07, 6.45) is 7.94. The van der Waals surface area contributed by atoms with Crippen LogP contribution in [0.15, 0.2) is 0 Å². The zero-order valence-corrected chi connectivity index (χ0v) is 51.0. The quantitative estimate of drug-likeness (QED) is 0.0340. The third kappa shape index (κ3) is 63.9. The standard InChI is InChI=1S/C35H62N2O14.C15H28NO5.C7H12O5/c1-4-11-30(39)46-23-5-6-25-48-34(43)15-20-37(18-9-22-38)21-16-35(44)49-26-8-7-24-47-33(42)14-19-36(2)17-10-27-50-31(40)12-13-32(41)51-29-28-45-3;1-3-7-14(18)20-12-4-5-13-21-15(19)8-10-16(2)9-6-11-17;1-11-4-5-12-7(10)3-2-6(8)9/h38H,4-29H2,1-3H3;17H,1,3-13H2,2H3;2-5H2,1H3,(H,8,9)/q;+1;. The lowest BCUT2D eigenvalue weighted by molar-refractivity contribution is -0.151. The van der Waals surface area contributed by atoms with Crippen LogP contribution in [0.2, 0.25) is 0 Å². The molecule has 0 aromatic heterocycles. The number of methoxy groups -OCH3 is 2. The molecule has 0 radical (unpaired) electrons. The molecule has 0 saturated heterocycles. The maximum Gasteiger partial charge on any atom is 0.310 e. The van der Waals surface area contributed by atoms with Crippen molar-refractivity contribution in [1.82, 2.24) is 14.7 Å². The molecule has 27 nitrogen and oxygen atoms in total. The van der Waals surface area contributed by atoms with Gasteiger partial charge in [0.05, 0.1) is 131 Å². The summed E-state index contributed by atoms with van der Waals surface area (Å²) in [4.78, 5) is 120. The second kappa shape index (κ2) is 61.8. The molecule has 0 aromatic carbocycles. The predicted octanol–water partition coefficient (Wildman–Crippen LogP) is 3.42. The van der Waals surface area contributed by atoms with Crippen molar-refractivity contribution in [3.63, 3.8) is 0 Å². The van der Waals surface area contributed by atoms with Gasteiger partial charge in [0.2, 0.25) is 0 Å². The second-order valence-electron chi connectivity index (χ2n) is 18.8. The van der Waals surface area contributed by atoms with Gasteiger partial charge in [-0.05, 0) is 78.3 Å². The van der Waals surface area contributed by atoms with E-state index in [1.165, 1.54) is 14.2 Å². The van der Waals surface area contributed by atoms with Crippen LogP contribution in [0.5, 0.6) is 0 Å². The van der Waals surface area contributed by atoms with Gasteiger partial charge in [0, 0.05) is 79.7 Å². The van der Waals surface area contributed by atoms with E-state index in [2.05, 4.69) is 16.4 Å². The van der Waals surface area contributed by atoms with Gasteiger partial charge in [-0.15, -0.1) is 0 Å². The zero-order chi connectivity index (χ0) is 63.3. The van der Waals surface area contributed by atoms with Crippen LogP contribution in [0, 0.1) is 6.92 Å². The van der Waals surface area contributed by atoms with Crippen molar-refractivity contribution in [1.29, 1.82) is 0 Å². The van der Waals surface area contributed by atoms with Crippen LogP contribution in [0.25, 0.3) is 0 Å². The van der Waals surface area contributed by atoms with Crippen molar-refractivity contribution < 1.29 is 115 Å². The maximum absolute atomic E-state index is 12.2. The maximum atomic E-state index is 12.2. The first-order chi connectivity index (χ1) is 40.4. The molecule has 488 valence electrons. The minimum absolute atomic E-state index is 0.00626. The summed E-state index contributed by atoms with van der Waals surface area (Å²) in [5.74, 6) is -4.20. The van der Waals surface area contributed by atoms with Gasteiger partial charge in [-0.1, -0.05) is 6.92 Å². The first kappa shape index (κ1) is 82.5.